The first-order valence-electron chi connectivity index (χ1n) is 27.1. The van der Waals surface area contributed by atoms with Gasteiger partial charge in [-0.2, -0.15) is 0 Å². The molecule has 0 bridgehead atoms. The van der Waals surface area contributed by atoms with E-state index in [1.165, 1.54) is 32.1 Å². The third-order valence-corrected chi connectivity index (χ3v) is 12.0. The largest absolute Gasteiger partial charge is 0.472 e. The molecule has 3 unspecified atom stereocenters. The molecule has 0 aliphatic carbocycles. The second-order valence-electron chi connectivity index (χ2n) is 17.6. The Morgan fingerprint density at radius 2 is 0.757 bits per heavy atom. The van der Waals surface area contributed by atoms with Crippen LogP contribution in [0.1, 0.15) is 213 Å². The summed E-state index contributed by atoms with van der Waals surface area (Å²) in [6.07, 6.45) is 59.6. The molecule has 70 heavy (non-hydrogen) atoms. The number of phosphoric ester groups is 1. The molecular formula is C58H97O11P. The van der Waals surface area contributed by atoms with Crippen molar-refractivity contribution in [3.05, 3.63) is 97.2 Å². The van der Waals surface area contributed by atoms with Crippen LogP contribution in [0.2, 0.25) is 0 Å². The third-order valence-electron chi connectivity index (χ3n) is 11.0. The van der Waals surface area contributed by atoms with Gasteiger partial charge in [0.1, 0.15) is 12.7 Å². The molecule has 0 aliphatic rings. The van der Waals surface area contributed by atoms with E-state index in [4.69, 9.17) is 23.3 Å². The van der Waals surface area contributed by atoms with Crippen molar-refractivity contribution in [3.63, 3.8) is 0 Å². The quantitative estimate of drug-likeness (QED) is 0.0197. The Hall–Kier alpha value is -3.60. The van der Waals surface area contributed by atoms with Crippen LogP contribution in [-0.2, 0) is 42.2 Å². The van der Waals surface area contributed by atoms with Crippen LogP contribution in [0, 0.1) is 0 Å². The fourth-order valence-corrected chi connectivity index (χ4v) is 7.72. The van der Waals surface area contributed by atoms with Crippen LogP contribution >= 0.6 is 7.82 Å². The fraction of sp³-hybridized carbons (Fsp3) is 0.672. The van der Waals surface area contributed by atoms with Gasteiger partial charge in [0.2, 0.25) is 0 Å². The van der Waals surface area contributed by atoms with Crippen molar-refractivity contribution in [1.82, 2.24) is 0 Å². The summed E-state index contributed by atoms with van der Waals surface area (Å²) in [6.45, 7) is 4.30. The van der Waals surface area contributed by atoms with E-state index in [1.807, 2.05) is 6.08 Å². The lowest BCUT2D eigenvalue weighted by Crippen LogP contribution is -2.30. The van der Waals surface area contributed by atoms with E-state index in [0.29, 0.717) is 25.7 Å². The highest BCUT2D eigenvalue weighted by molar-refractivity contribution is 7.47. The topological polar surface area (TPSA) is 155 Å². The van der Waals surface area contributed by atoms with E-state index in [-0.39, 0.29) is 25.9 Å². The highest BCUT2D eigenvalue weighted by atomic mass is 31.2. The van der Waals surface area contributed by atoms with Crippen LogP contribution in [0.15, 0.2) is 97.2 Å². The molecule has 0 aromatic heterocycles. The number of hydrogen-bond acceptors (Lipinski definition) is 10. The predicted molar refractivity (Wildman–Crippen MR) is 288 cm³/mol. The molecule has 0 saturated heterocycles. The van der Waals surface area contributed by atoms with E-state index in [9.17, 15) is 28.9 Å². The molecule has 0 heterocycles. The van der Waals surface area contributed by atoms with Crippen molar-refractivity contribution < 1.29 is 52.2 Å². The molecule has 0 fully saturated rings. The summed E-state index contributed by atoms with van der Waals surface area (Å²) >= 11 is 0. The Kier molecular flexibility index (Phi) is 49.1. The SMILES string of the molecule is CC/C=C\C/C=C\C/C=C\C/C=C\C/C=C\CCCC(=O)OCC(COP(=O)(O)OCC(CO)OC(=O)CCCCCCCCCCC)OC(=O)CCCCCCCCC/C=C\C/C=C\C/C=C\CC. The van der Waals surface area contributed by atoms with Gasteiger partial charge in [-0.1, -0.05) is 201 Å². The summed E-state index contributed by atoms with van der Waals surface area (Å²) in [5.74, 6) is -1.55. The molecule has 2 N–H and O–H groups in total. The van der Waals surface area contributed by atoms with Crippen molar-refractivity contribution >= 4 is 25.7 Å². The molecule has 0 saturated carbocycles. The van der Waals surface area contributed by atoms with E-state index in [2.05, 4.69) is 112 Å². The number of aliphatic hydroxyl groups is 1. The van der Waals surface area contributed by atoms with Gasteiger partial charge in [0.15, 0.2) is 6.10 Å². The van der Waals surface area contributed by atoms with Crippen LogP contribution in [0.4, 0.5) is 0 Å². The molecule has 0 rings (SSSR count). The van der Waals surface area contributed by atoms with Crippen molar-refractivity contribution in [2.45, 2.75) is 226 Å². The zero-order valence-electron chi connectivity index (χ0n) is 43.9. The van der Waals surface area contributed by atoms with E-state index < -0.39 is 57.8 Å². The van der Waals surface area contributed by atoms with Gasteiger partial charge >= 0.3 is 25.7 Å². The summed E-state index contributed by atoms with van der Waals surface area (Å²) < 4.78 is 39.3. The van der Waals surface area contributed by atoms with Crippen molar-refractivity contribution in [1.29, 1.82) is 0 Å². The summed E-state index contributed by atoms with van der Waals surface area (Å²) in [5.41, 5.74) is 0. The lowest BCUT2D eigenvalue weighted by atomic mass is 10.1. The average Bonchev–Trinajstić information content (AvgIpc) is 3.35. The number of phosphoric acid groups is 1. The van der Waals surface area contributed by atoms with Gasteiger partial charge in [-0.15, -0.1) is 0 Å². The normalized spacial score (nSPS) is 14.2. The lowest BCUT2D eigenvalue weighted by molar-refractivity contribution is -0.161. The van der Waals surface area contributed by atoms with Gasteiger partial charge in [-0.3, -0.25) is 23.4 Å². The summed E-state index contributed by atoms with van der Waals surface area (Å²) in [5, 5.41) is 9.76. The number of ether oxygens (including phenoxy) is 3. The lowest BCUT2D eigenvalue weighted by Gasteiger charge is -2.21. The minimum absolute atomic E-state index is 0.141. The molecular weight excluding hydrogens is 904 g/mol. The number of esters is 3. The first-order chi connectivity index (χ1) is 34.2. The standard InChI is InChI=1S/C58H97O11P/c1-4-7-10-13-16-19-21-23-25-27-29-31-33-36-38-41-44-47-56(60)65-51-55(69-58(62)49-46-43-40-37-34-32-30-28-26-24-22-20-17-14-11-8-5-2)53-67-70(63,64)66-52-54(50-59)68-57(61)48-45-42-39-35-18-15-12-9-6-3/h7-8,10-11,16-17,19-20,23-26,29,31,36,38,54-55,59H,4-6,9,12-15,18,21-22,27-28,30,32-35,37,39-53H2,1-3H3,(H,63,64)/b10-7-,11-8-,19-16-,20-17-,25-23-,26-24-,31-29-,38-36-. The third kappa shape index (κ3) is 49.4. The van der Waals surface area contributed by atoms with Crippen molar-refractivity contribution in [2.24, 2.45) is 0 Å². The summed E-state index contributed by atoms with van der Waals surface area (Å²) in [6, 6.07) is 0. The van der Waals surface area contributed by atoms with Crippen molar-refractivity contribution in [2.75, 3.05) is 26.4 Å². The first-order valence-corrected chi connectivity index (χ1v) is 28.6. The number of allylic oxidation sites excluding steroid dienone is 16. The van der Waals surface area contributed by atoms with Crippen LogP contribution < -0.4 is 0 Å². The van der Waals surface area contributed by atoms with Crippen LogP contribution in [0.5, 0.6) is 0 Å². The Morgan fingerprint density at radius 3 is 1.19 bits per heavy atom. The van der Waals surface area contributed by atoms with Gasteiger partial charge in [-0.05, 0) is 89.9 Å². The van der Waals surface area contributed by atoms with E-state index in [0.717, 1.165) is 116 Å². The molecule has 0 aromatic carbocycles. The smallest absolute Gasteiger partial charge is 0.462 e. The average molecular weight is 1000 g/mol. The van der Waals surface area contributed by atoms with E-state index in [1.54, 1.807) is 0 Å². The Labute approximate surface area is 425 Å². The van der Waals surface area contributed by atoms with Gasteiger partial charge in [0, 0.05) is 19.3 Å². The molecule has 400 valence electrons. The molecule has 0 aliphatic heterocycles. The van der Waals surface area contributed by atoms with Gasteiger partial charge in [0.05, 0.1) is 19.8 Å². The molecule has 0 radical (unpaired) electrons. The fourth-order valence-electron chi connectivity index (χ4n) is 6.93. The number of aliphatic hydroxyl groups excluding tert-OH is 1. The Morgan fingerprint density at radius 1 is 0.414 bits per heavy atom. The van der Waals surface area contributed by atoms with Gasteiger partial charge in [-0.25, -0.2) is 4.57 Å². The maximum Gasteiger partial charge on any atom is 0.472 e. The number of carbonyl (C=O) groups excluding carboxylic acids is 3. The molecule has 0 amide bonds. The monoisotopic (exact) mass is 1000 g/mol. The Balaban J connectivity index is 4.84. The molecule has 12 heteroatoms. The highest BCUT2D eigenvalue weighted by Crippen LogP contribution is 2.43. The number of hydrogen-bond donors (Lipinski definition) is 2. The van der Waals surface area contributed by atoms with Gasteiger partial charge in [0.25, 0.3) is 0 Å². The molecule has 3 atom stereocenters. The summed E-state index contributed by atoms with van der Waals surface area (Å²) in [7, 11) is -4.76. The minimum Gasteiger partial charge on any atom is -0.462 e. The molecule has 0 aromatic rings. The zero-order valence-corrected chi connectivity index (χ0v) is 44.8. The Bertz CT molecular complexity index is 1540. The second-order valence-corrected chi connectivity index (χ2v) is 19.1. The van der Waals surface area contributed by atoms with Gasteiger partial charge < -0.3 is 24.2 Å². The maximum absolute atomic E-state index is 12.9. The first kappa shape index (κ1) is 66.4. The number of carbonyl (C=O) groups is 3. The van der Waals surface area contributed by atoms with Crippen LogP contribution in [0.3, 0.4) is 0 Å². The highest BCUT2D eigenvalue weighted by Gasteiger charge is 2.28. The molecule has 11 nitrogen and oxygen atoms in total. The second kappa shape index (κ2) is 51.7. The maximum atomic E-state index is 12.9. The number of unbranched alkanes of at least 4 members (excludes halogenated alkanes) is 16. The van der Waals surface area contributed by atoms with Crippen LogP contribution in [-0.4, -0.2) is 66.5 Å². The van der Waals surface area contributed by atoms with Crippen LogP contribution in [0.25, 0.3) is 0 Å². The molecule has 0 spiro atoms. The predicted octanol–water partition coefficient (Wildman–Crippen LogP) is 15.7. The van der Waals surface area contributed by atoms with Crippen molar-refractivity contribution in [3.8, 4) is 0 Å². The van der Waals surface area contributed by atoms with E-state index >= 15 is 0 Å². The minimum atomic E-state index is -4.76. The zero-order chi connectivity index (χ0) is 51.3. The summed E-state index contributed by atoms with van der Waals surface area (Å²) in [4.78, 5) is 48.3. The number of rotatable bonds is 49.